The van der Waals surface area contributed by atoms with Crippen molar-refractivity contribution in [2.45, 2.75) is 18.4 Å². The maximum Gasteiger partial charge on any atom is 0.253 e. The van der Waals surface area contributed by atoms with Crippen LogP contribution in [0.4, 0.5) is 10.1 Å². The third kappa shape index (κ3) is 3.45. The lowest BCUT2D eigenvalue weighted by Gasteiger charge is -2.43. The summed E-state index contributed by atoms with van der Waals surface area (Å²) < 4.78 is 24.9. The molecule has 1 unspecified atom stereocenters. The summed E-state index contributed by atoms with van der Waals surface area (Å²) >= 11 is 0. The van der Waals surface area contributed by atoms with Crippen LogP contribution in [-0.4, -0.2) is 62.4 Å². The van der Waals surface area contributed by atoms with E-state index in [1.807, 2.05) is 0 Å². The second-order valence-electron chi connectivity index (χ2n) is 7.16. The predicted molar refractivity (Wildman–Crippen MR) is 87.4 cm³/mol. The van der Waals surface area contributed by atoms with Gasteiger partial charge in [0.05, 0.1) is 19.8 Å². The summed E-state index contributed by atoms with van der Waals surface area (Å²) in [5.41, 5.74) is 0.204. The zero-order valence-corrected chi connectivity index (χ0v) is 13.7. The molecule has 130 valence electrons. The summed E-state index contributed by atoms with van der Waals surface area (Å²) in [6.45, 7) is 4.43. The number of nitrogens with zero attached hydrogens (tertiary/aromatic N) is 2. The lowest BCUT2D eigenvalue weighted by atomic mass is 10.0. The van der Waals surface area contributed by atoms with Gasteiger partial charge in [-0.15, -0.1) is 0 Å². The fraction of sp³-hybridized carbons (Fsp3) is 0.611. The second-order valence-corrected chi connectivity index (χ2v) is 7.16. The van der Waals surface area contributed by atoms with Crippen molar-refractivity contribution in [1.29, 1.82) is 0 Å². The topological polar surface area (TPSA) is 42.0 Å². The number of amides is 1. The quantitative estimate of drug-likeness (QED) is 0.843. The summed E-state index contributed by atoms with van der Waals surface area (Å²) in [5.74, 6) is 0.409. The Morgan fingerprint density at radius 3 is 2.75 bits per heavy atom. The van der Waals surface area contributed by atoms with Gasteiger partial charge in [0.15, 0.2) is 0 Å². The lowest BCUT2D eigenvalue weighted by molar-refractivity contribution is -0.146. The molecule has 0 radical (unpaired) electrons. The molecule has 1 aromatic carbocycles. The van der Waals surface area contributed by atoms with Crippen LogP contribution < -0.4 is 4.90 Å². The van der Waals surface area contributed by atoms with Crippen LogP contribution in [0.3, 0.4) is 0 Å². The molecule has 0 N–H and O–H groups in total. The summed E-state index contributed by atoms with van der Waals surface area (Å²) in [7, 11) is 0. The summed E-state index contributed by atoms with van der Waals surface area (Å²) in [6, 6.07) is 6.05. The van der Waals surface area contributed by atoms with E-state index in [1.165, 1.54) is 25.0 Å². The highest BCUT2D eigenvalue weighted by atomic mass is 19.1. The summed E-state index contributed by atoms with van der Waals surface area (Å²) in [4.78, 5) is 16.4. The molecule has 1 atom stereocenters. The Morgan fingerprint density at radius 2 is 2.00 bits per heavy atom. The largest absolute Gasteiger partial charge is 0.377 e. The van der Waals surface area contributed by atoms with Crippen LogP contribution in [0.1, 0.15) is 12.8 Å². The van der Waals surface area contributed by atoms with Gasteiger partial charge in [-0.1, -0.05) is 0 Å². The van der Waals surface area contributed by atoms with E-state index < -0.39 is 5.60 Å². The molecule has 1 amide bonds. The van der Waals surface area contributed by atoms with Crippen molar-refractivity contribution in [3.8, 4) is 0 Å². The highest BCUT2D eigenvalue weighted by Gasteiger charge is 2.44. The minimum absolute atomic E-state index is 0.0397. The molecule has 0 aromatic heterocycles. The average Bonchev–Trinajstić information content (AvgIpc) is 3.40. The van der Waals surface area contributed by atoms with Gasteiger partial charge in [0.2, 0.25) is 0 Å². The van der Waals surface area contributed by atoms with Crippen LogP contribution in [0.2, 0.25) is 0 Å². The van der Waals surface area contributed by atoms with E-state index in [0.29, 0.717) is 25.4 Å². The lowest BCUT2D eigenvalue weighted by Crippen LogP contribution is -2.61. The molecular weight excluding hydrogens is 311 g/mol. The molecule has 0 bridgehead atoms. The Bertz CT molecular complexity index is 605. The van der Waals surface area contributed by atoms with Crippen molar-refractivity contribution in [3.05, 3.63) is 30.1 Å². The number of morpholine rings is 1. The fourth-order valence-electron chi connectivity index (χ4n) is 3.56. The van der Waals surface area contributed by atoms with Gasteiger partial charge in [-0.3, -0.25) is 9.69 Å². The maximum atomic E-state index is 13.2. The first kappa shape index (κ1) is 16.0. The van der Waals surface area contributed by atoms with E-state index in [-0.39, 0.29) is 18.3 Å². The first-order valence-corrected chi connectivity index (χ1v) is 8.64. The maximum absolute atomic E-state index is 13.2. The molecule has 1 saturated carbocycles. The Hall–Kier alpha value is -1.50. The van der Waals surface area contributed by atoms with Crippen molar-refractivity contribution in [2.75, 3.05) is 50.9 Å². The van der Waals surface area contributed by atoms with Crippen molar-refractivity contribution in [3.63, 3.8) is 0 Å². The Kier molecular flexibility index (Phi) is 4.28. The molecule has 6 heteroatoms. The van der Waals surface area contributed by atoms with Gasteiger partial charge in [0.25, 0.3) is 5.91 Å². The van der Waals surface area contributed by atoms with Crippen LogP contribution >= 0.6 is 0 Å². The standard InChI is InChI=1S/C18H23FN2O3/c19-15-3-5-16(6-4-15)21-12-18(24-10-17(21)22)11-20(7-8-23-13-18)9-14-1-2-14/h3-6,14H,1-2,7-13H2. The molecule has 2 saturated heterocycles. The van der Waals surface area contributed by atoms with Gasteiger partial charge >= 0.3 is 0 Å². The zero-order valence-electron chi connectivity index (χ0n) is 13.7. The number of ether oxygens (including phenoxy) is 2. The van der Waals surface area contributed by atoms with Crippen molar-refractivity contribution >= 4 is 11.6 Å². The molecule has 24 heavy (non-hydrogen) atoms. The summed E-state index contributed by atoms with van der Waals surface area (Å²) in [5, 5.41) is 0. The number of halogens is 1. The molecular formula is C18H23FN2O3. The molecule has 1 aliphatic carbocycles. The predicted octanol–water partition coefficient (Wildman–Crippen LogP) is 1.67. The number of carbonyl (C=O) groups is 1. The molecule has 2 heterocycles. The molecule has 3 fully saturated rings. The SMILES string of the molecule is O=C1COC2(COCCN(CC3CC3)C2)CN1c1ccc(F)cc1. The number of rotatable bonds is 3. The highest BCUT2D eigenvalue weighted by Crippen LogP contribution is 2.32. The fourth-order valence-corrected chi connectivity index (χ4v) is 3.56. The molecule has 4 rings (SSSR count). The van der Waals surface area contributed by atoms with Gasteiger partial charge in [-0.05, 0) is 43.0 Å². The molecule has 1 aromatic rings. The number of hydrogen-bond donors (Lipinski definition) is 0. The van der Waals surface area contributed by atoms with Crippen LogP contribution in [0.25, 0.3) is 0 Å². The van der Waals surface area contributed by atoms with Gasteiger partial charge in [-0.2, -0.15) is 0 Å². The Morgan fingerprint density at radius 1 is 1.21 bits per heavy atom. The Labute approximate surface area is 141 Å². The van der Waals surface area contributed by atoms with E-state index in [2.05, 4.69) is 4.90 Å². The number of hydrogen-bond acceptors (Lipinski definition) is 4. The van der Waals surface area contributed by atoms with Crippen LogP contribution in [0, 0.1) is 11.7 Å². The first-order chi connectivity index (χ1) is 11.6. The number of benzene rings is 1. The normalized spacial score (nSPS) is 29.0. The molecule has 2 aliphatic heterocycles. The molecule has 3 aliphatic rings. The minimum Gasteiger partial charge on any atom is -0.377 e. The van der Waals surface area contributed by atoms with Crippen molar-refractivity contribution in [2.24, 2.45) is 5.92 Å². The van der Waals surface area contributed by atoms with Gasteiger partial charge in [0.1, 0.15) is 18.0 Å². The molecule has 1 spiro atoms. The zero-order chi connectivity index (χ0) is 16.6. The number of carbonyl (C=O) groups excluding carboxylic acids is 1. The summed E-state index contributed by atoms with van der Waals surface area (Å²) in [6.07, 6.45) is 2.62. The van der Waals surface area contributed by atoms with Crippen LogP contribution in [0.5, 0.6) is 0 Å². The van der Waals surface area contributed by atoms with Crippen LogP contribution in [0.15, 0.2) is 24.3 Å². The highest BCUT2D eigenvalue weighted by molar-refractivity contribution is 5.95. The number of anilines is 1. The van der Waals surface area contributed by atoms with Gasteiger partial charge in [0, 0.05) is 25.3 Å². The van der Waals surface area contributed by atoms with E-state index in [1.54, 1.807) is 17.0 Å². The minimum atomic E-state index is -0.506. The first-order valence-electron chi connectivity index (χ1n) is 8.64. The molecule has 5 nitrogen and oxygen atoms in total. The average molecular weight is 334 g/mol. The smallest absolute Gasteiger partial charge is 0.253 e. The van der Waals surface area contributed by atoms with Gasteiger partial charge in [-0.25, -0.2) is 4.39 Å². The van der Waals surface area contributed by atoms with E-state index in [0.717, 1.165) is 25.6 Å². The van der Waals surface area contributed by atoms with E-state index in [9.17, 15) is 9.18 Å². The van der Waals surface area contributed by atoms with Gasteiger partial charge < -0.3 is 14.4 Å². The van der Waals surface area contributed by atoms with E-state index >= 15 is 0 Å². The third-order valence-electron chi connectivity index (χ3n) is 5.03. The van der Waals surface area contributed by atoms with Crippen molar-refractivity contribution in [1.82, 2.24) is 4.90 Å². The second kappa shape index (κ2) is 6.43. The van der Waals surface area contributed by atoms with Crippen molar-refractivity contribution < 1.29 is 18.7 Å². The van der Waals surface area contributed by atoms with E-state index in [4.69, 9.17) is 9.47 Å². The Balaban J connectivity index is 1.52. The monoisotopic (exact) mass is 334 g/mol. The third-order valence-corrected chi connectivity index (χ3v) is 5.03. The van der Waals surface area contributed by atoms with Crippen LogP contribution in [-0.2, 0) is 14.3 Å².